The zero-order valence-corrected chi connectivity index (χ0v) is 13.0. The number of anilines is 1. The molecule has 1 fully saturated rings. The first-order chi connectivity index (χ1) is 9.78. The van der Waals surface area contributed by atoms with Gasteiger partial charge in [0.15, 0.2) is 0 Å². The van der Waals surface area contributed by atoms with Gasteiger partial charge < -0.3 is 10.2 Å². The monoisotopic (exact) mass is 307 g/mol. The number of hydrogen-bond acceptors (Lipinski definition) is 4. The van der Waals surface area contributed by atoms with Crippen molar-refractivity contribution in [1.82, 2.24) is 10.3 Å². The van der Waals surface area contributed by atoms with Crippen LogP contribution in [0.4, 0.5) is 5.82 Å². The van der Waals surface area contributed by atoms with Crippen molar-refractivity contribution in [2.45, 2.75) is 32.0 Å². The molecule has 0 unspecified atom stereocenters. The summed E-state index contributed by atoms with van der Waals surface area (Å²) in [4.78, 5) is 8.32. The fourth-order valence-corrected chi connectivity index (χ4v) is 3.18. The Bertz CT molecular complexity index is 567. The lowest BCUT2D eigenvalue weighted by Gasteiger charge is -2.23. The van der Waals surface area contributed by atoms with Crippen LogP contribution in [-0.4, -0.2) is 18.1 Å². The van der Waals surface area contributed by atoms with Crippen molar-refractivity contribution in [2.24, 2.45) is 0 Å². The molecule has 2 aromatic heterocycles. The summed E-state index contributed by atoms with van der Waals surface area (Å²) in [6, 6.07) is 7.04. The molecule has 2 heterocycles. The fourth-order valence-electron chi connectivity index (χ4n) is 2.30. The van der Waals surface area contributed by atoms with Crippen molar-refractivity contribution in [3.8, 4) is 0 Å². The van der Waals surface area contributed by atoms with Crippen LogP contribution in [0.15, 0.2) is 29.8 Å². The van der Waals surface area contributed by atoms with E-state index in [9.17, 15) is 0 Å². The Kier molecular flexibility index (Phi) is 4.24. The van der Waals surface area contributed by atoms with Crippen LogP contribution < -0.4 is 10.2 Å². The Morgan fingerprint density at radius 2 is 2.35 bits per heavy atom. The highest BCUT2D eigenvalue weighted by atomic mass is 35.5. The van der Waals surface area contributed by atoms with Crippen molar-refractivity contribution in [2.75, 3.05) is 11.9 Å². The van der Waals surface area contributed by atoms with E-state index in [1.165, 1.54) is 17.7 Å². The van der Waals surface area contributed by atoms with Crippen LogP contribution >= 0.6 is 22.9 Å². The van der Waals surface area contributed by atoms with Gasteiger partial charge in [-0.15, -0.1) is 11.3 Å². The van der Waals surface area contributed by atoms with E-state index in [2.05, 4.69) is 38.8 Å². The number of halogens is 1. The molecule has 0 aromatic carbocycles. The molecule has 1 N–H and O–H groups in total. The number of nitrogens with one attached hydrogen (secondary N) is 1. The summed E-state index contributed by atoms with van der Waals surface area (Å²) in [5, 5.41) is 6.01. The van der Waals surface area contributed by atoms with Gasteiger partial charge in [0.05, 0.1) is 11.6 Å². The van der Waals surface area contributed by atoms with Gasteiger partial charge in [-0.2, -0.15) is 0 Å². The lowest BCUT2D eigenvalue weighted by atomic mass is 10.2. The van der Waals surface area contributed by atoms with Gasteiger partial charge >= 0.3 is 0 Å². The molecule has 1 aliphatic carbocycles. The minimum absolute atomic E-state index is 0.633. The largest absolute Gasteiger partial charge is 0.348 e. The van der Waals surface area contributed by atoms with E-state index in [-0.39, 0.29) is 0 Å². The van der Waals surface area contributed by atoms with Gasteiger partial charge in [-0.3, -0.25) is 0 Å². The molecule has 1 aliphatic rings. The summed E-state index contributed by atoms with van der Waals surface area (Å²) >= 11 is 8.00. The van der Waals surface area contributed by atoms with E-state index in [1.54, 1.807) is 17.5 Å². The molecule has 3 nitrogen and oxygen atoms in total. The Balaban J connectivity index is 1.85. The summed E-state index contributed by atoms with van der Waals surface area (Å²) < 4.78 is 0. The first-order valence-electron chi connectivity index (χ1n) is 6.86. The number of aromatic nitrogens is 1. The van der Waals surface area contributed by atoms with Crippen LogP contribution in [0.25, 0.3) is 0 Å². The number of pyridine rings is 1. The van der Waals surface area contributed by atoms with Gasteiger partial charge in [0.1, 0.15) is 5.82 Å². The average Bonchev–Trinajstić information content (AvgIpc) is 3.16. The highest BCUT2D eigenvalue weighted by molar-refractivity contribution is 7.09. The van der Waals surface area contributed by atoms with E-state index < -0.39 is 0 Å². The summed E-state index contributed by atoms with van der Waals surface area (Å²) in [5.74, 6) is 1.04. The van der Waals surface area contributed by atoms with E-state index in [4.69, 9.17) is 11.6 Å². The molecule has 0 atom stereocenters. The highest BCUT2D eigenvalue weighted by Crippen LogP contribution is 2.33. The topological polar surface area (TPSA) is 28.2 Å². The summed E-state index contributed by atoms with van der Waals surface area (Å²) in [5.41, 5.74) is 1.11. The lowest BCUT2D eigenvalue weighted by Crippen LogP contribution is -2.25. The van der Waals surface area contributed by atoms with Gasteiger partial charge in [-0.1, -0.05) is 17.7 Å². The molecule has 0 aliphatic heterocycles. The van der Waals surface area contributed by atoms with Gasteiger partial charge in [-0.05, 0) is 43.0 Å². The smallest absolute Gasteiger partial charge is 0.129 e. The summed E-state index contributed by atoms with van der Waals surface area (Å²) in [6.45, 7) is 1.71. The predicted molar refractivity (Wildman–Crippen MR) is 85.5 cm³/mol. The van der Waals surface area contributed by atoms with Crippen molar-refractivity contribution in [3.63, 3.8) is 0 Å². The van der Waals surface area contributed by atoms with Crippen LogP contribution in [-0.2, 0) is 13.1 Å². The molecule has 0 spiro atoms. The number of rotatable bonds is 6. The third kappa shape index (κ3) is 3.14. The maximum Gasteiger partial charge on any atom is 0.129 e. The normalized spacial score (nSPS) is 14.5. The fraction of sp³-hybridized carbons (Fsp3) is 0.400. The molecule has 0 amide bonds. The van der Waals surface area contributed by atoms with Crippen LogP contribution in [0.2, 0.25) is 5.02 Å². The second-order valence-corrected chi connectivity index (χ2v) is 6.54. The van der Waals surface area contributed by atoms with Crippen LogP contribution in [0, 0.1) is 0 Å². The Hall–Kier alpha value is -1.10. The van der Waals surface area contributed by atoms with E-state index in [1.807, 2.05) is 7.05 Å². The molecular formula is C15H18ClN3S. The maximum atomic E-state index is 6.20. The van der Waals surface area contributed by atoms with Gasteiger partial charge in [0, 0.05) is 23.7 Å². The third-order valence-corrected chi connectivity index (χ3v) is 4.68. The second kappa shape index (κ2) is 6.12. The van der Waals surface area contributed by atoms with Gasteiger partial charge in [0.2, 0.25) is 0 Å². The summed E-state index contributed by atoms with van der Waals surface area (Å²) in [6.07, 6.45) is 4.29. The molecule has 3 rings (SSSR count). The molecule has 0 bridgehead atoms. The van der Waals surface area contributed by atoms with E-state index >= 15 is 0 Å². The third-order valence-electron chi connectivity index (χ3n) is 3.48. The molecular weight excluding hydrogens is 290 g/mol. The first-order valence-corrected chi connectivity index (χ1v) is 8.11. The Morgan fingerprint density at radius 3 is 3.00 bits per heavy atom. The van der Waals surface area contributed by atoms with Crippen LogP contribution in [0.5, 0.6) is 0 Å². The van der Waals surface area contributed by atoms with Gasteiger partial charge in [0.25, 0.3) is 0 Å². The Labute approximate surface area is 128 Å². The summed E-state index contributed by atoms with van der Waals surface area (Å²) in [7, 11) is 1.93. The van der Waals surface area contributed by atoms with Crippen molar-refractivity contribution < 1.29 is 0 Å². The number of hydrogen-bond donors (Lipinski definition) is 1. The van der Waals surface area contributed by atoms with Gasteiger partial charge in [-0.25, -0.2) is 4.98 Å². The zero-order valence-electron chi connectivity index (χ0n) is 11.5. The predicted octanol–water partition coefficient (Wildman–Crippen LogP) is 3.68. The second-order valence-electron chi connectivity index (χ2n) is 5.10. The first kappa shape index (κ1) is 13.9. The van der Waals surface area contributed by atoms with Crippen LogP contribution in [0.3, 0.4) is 0 Å². The van der Waals surface area contributed by atoms with Crippen molar-refractivity contribution >= 4 is 28.8 Å². The lowest BCUT2D eigenvalue weighted by molar-refractivity contribution is 0.776. The molecule has 20 heavy (non-hydrogen) atoms. The minimum atomic E-state index is 0.633. The van der Waals surface area contributed by atoms with Crippen molar-refractivity contribution in [1.29, 1.82) is 0 Å². The molecule has 5 heteroatoms. The standard InChI is InChI=1S/C15H18ClN3S/c1-17-8-11-7-15(18-9-14(11)16)19(12-4-5-12)10-13-3-2-6-20-13/h2-3,6-7,9,12,17H,4-5,8,10H2,1H3. The average molecular weight is 308 g/mol. The molecule has 0 radical (unpaired) electrons. The maximum absolute atomic E-state index is 6.20. The van der Waals surface area contributed by atoms with E-state index in [0.717, 1.165) is 29.5 Å². The molecule has 106 valence electrons. The Morgan fingerprint density at radius 1 is 1.50 bits per heavy atom. The minimum Gasteiger partial charge on any atom is -0.348 e. The quantitative estimate of drug-likeness (QED) is 0.882. The molecule has 0 saturated heterocycles. The van der Waals surface area contributed by atoms with Crippen molar-refractivity contribution in [3.05, 3.63) is 45.2 Å². The van der Waals surface area contributed by atoms with Crippen LogP contribution in [0.1, 0.15) is 23.3 Å². The molecule has 2 aromatic rings. The molecule has 1 saturated carbocycles. The zero-order chi connectivity index (χ0) is 13.9. The highest BCUT2D eigenvalue weighted by Gasteiger charge is 2.30. The van der Waals surface area contributed by atoms with E-state index in [0.29, 0.717) is 6.04 Å². The number of thiophene rings is 1. The number of nitrogens with zero attached hydrogens (tertiary/aromatic N) is 2. The SMILES string of the molecule is CNCc1cc(N(Cc2cccs2)C2CC2)ncc1Cl.